The molecule has 0 bridgehead atoms. The van der Waals surface area contributed by atoms with Crippen molar-refractivity contribution < 1.29 is 32.3 Å². The number of carboxylic acids is 1. The zero-order valence-corrected chi connectivity index (χ0v) is 13.1. The highest BCUT2D eigenvalue weighted by Gasteiger charge is 2.39. The van der Waals surface area contributed by atoms with Gasteiger partial charge in [0, 0.05) is 23.2 Å². The molecule has 0 saturated heterocycles. The van der Waals surface area contributed by atoms with Crippen molar-refractivity contribution in [2.45, 2.75) is 12.7 Å². The molecule has 0 atom stereocenters. The Morgan fingerprint density at radius 2 is 1.73 bits per heavy atom. The molecule has 0 amide bonds. The summed E-state index contributed by atoms with van der Waals surface area (Å²) in [7, 11) is 0. The third-order valence-electron chi connectivity index (χ3n) is 3.70. The van der Waals surface area contributed by atoms with Crippen molar-refractivity contribution in [2.75, 3.05) is 5.32 Å². The van der Waals surface area contributed by atoms with Gasteiger partial charge >= 0.3 is 12.1 Å². The molecule has 0 aliphatic rings. The average molecular weight is 363 g/mol. The summed E-state index contributed by atoms with van der Waals surface area (Å²) < 4.78 is 42.3. The Balaban J connectivity index is 1.69. The largest absolute Gasteiger partial charge is 0.475 e. The summed E-state index contributed by atoms with van der Waals surface area (Å²) in [6.07, 6.45) is -4.90. The van der Waals surface area contributed by atoms with Gasteiger partial charge in [-0.05, 0) is 42.0 Å². The molecule has 3 aromatic rings. The number of fused-ring (bicyclic) bond motifs is 1. The molecule has 1 aromatic heterocycles. The number of hydrogen-bond donors (Lipinski definition) is 2. The van der Waals surface area contributed by atoms with Gasteiger partial charge in [-0.3, -0.25) is 4.79 Å². The Morgan fingerprint density at radius 3 is 2.35 bits per heavy atom. The number of carbonyl (C=O) groups excluding carboxylic acids is 1. The molecule has 0 fully saturated rings. The number of Topliss-reactive ketones (excluding diaryl/α,β-unsaturated/α-hetero) is 1. The van der Waals surface area contributed by atoms with E-state index in [4.69, 9.17) is 9.52 Å². The van der Waals surface area contributed by atoms with Crippen LogP contribution in [-0.4, -0.2) is 23.0 Å². The number of rotatable bonds is 5. The third kappa shape index (κ3) is 3.69. The van der Waals surface area contributed by atoms with E-state index in [0.29, 0.717) is 23.2 Å². The Kier molecular flexibility index (Phi) is 4.41. The van der Waals surface area contributed by atoms with Crippen LogP contribution in [0.5, 0.6) is 0 Å². The maximum Gasteiger partial charge on any atom is 0.454 e. The van der Waals surface area contributed by atoms with E-state index < -0.39 is 23.5 Å². The van der Waals surface area contributed by atoms with Crippen molar-refractivity contribution in [2.24, 2.45) is 0 Å². The number of carboxylic acid groups (broad SMARTS) is 1. The zero-order valence-electron chi connectivity index (χ0n) is 13.1. The van der Waals surface area contributed by atoms with Crippen LogP contribution in [0.25, 0.3) is 11.0 Å². The van der Waals surface area contributed by atoms with E-state index in [1.165, 1.54) is 18.2 Å². The van der Waals surface area contributed by atoms with Gasteiger partial charge in [0.25, 0.3) is 5.78 Å². The molecule has 8 heteroatoms. The van der Waals surface area contributed by atoms with Crippen LogP contribution in [0, 0.1) is 0 Å². The number of ketones is 1. The van der Waals surface area contributed by atoms with Gasteiger partial charge in [-0.2, -0.15) is 13.2 Å². The predicted molar refractivity (Wildman–Crippen MR) is 87.3 cm³/mol. The lowest BCUT2D eigenvalue weighted by Gasteiger charge is -2.08. The summed E-state index contributed by atoms with van der Waals surface area (Å²) in [4.78, 5) is 22.0. The van der Waals surface area contributed by atoms with Gasteiger partial charge in [-0.1, -0.05) is 12.1 Å². The van der Waals surface area contributed by atoms with Crippen LogP contribution in [0.1, 0.15) is 26.5 Å². The fourth-order valence-corrected chi connectivity index (χ4v) is 2.40. The van der Waals surface area contributed by atoms with Crippen LogP contribution in [-0.2, 0) is 6.54 Å². The molecule has 0 radical (unpaired) electrons. The highest BCUT2D eigenvalue weighted by Crippen LogP contribution is 2.23. The molecular weight excluding hydrogens is 351 g/mol. The Bertz CT molecular complexity index is 974. The number of benzene rings is 2. The van der Waals surface area contributed by atoms with Gasteiger partial charge in [0.1, 0.15) is 5.58 Å². The predicted octanol–water partition coefficient (Wildman–Crippen LogP) is 4.49. The summed E-state index contributed by atoms with van der Waals surface area (Å²) in [5, 5.41) is 12.6. The van der Waals surface area contributed by atoms with Crippen LogP contribution in [0.15, 0.2) is 52.9 Å². The van der Waals surface area contributed by atoms with E-state index in [0.717, 1.165) is 17.7 Å². The molecule has 2 N–H and O–H groups in total. The monoisotopic (exact) mass is 363 g/mol. The zero-order chi connectivity index (χ0) is 18.9. The van der Waals surface area contributed by atoms with Crippen LogP contribution in [0.4, 0.5) is 18.9 Å². The summed E-state index contributed by atoms with van der Waals surface area (Å²) in [6.45, 7) is 0.339. The average Bonchev–Trinajstić information content (AvgIpc) is 3.02. The van der Waals surface area contributed by atoms with E-state index in [2.05, 4.69) is 5.32 Å². The number of anilines is 1. The lowest BCUT2D eigenvalue weighted by atomic mass is 10.1. The van der Waals surface area contributed by atoms with Gasteiger partial charge in [0.05, 0.1) is 0 Å². The number of carbonyl (C=O) groups is 2. The second-order valence-electron chi connectivity index (χ2n) is 5.55. The molecule has 134 valence electrons. The van der Waals surface area contributed by atoms with Crippen LogP contribution in [0.3, 0.4) is 0 Å². The Morgan fingerprint density at radius 1 is 1.04 bits per heavy atom. The van der Waals surface area contributed by atoms with Gasteiger partial charge in [-0.15, -0.1) is 0 Å². The van der Waals surface area contributed by atoms with E-state index in [1.807, 2.05) is 0 Å². The van der Waals surface area contributed by atoms with Crippen molar-refractivity contribution in [1.82, 2.24) is 0 Å². The van der Waals surface area contributed by atoms with Gasteiger partial charge in [-0.25, -0.2) is 4.79 Å². The molecule has 26 heavy (non-hydrogen) atoms. The van der Waals surface area contributed by atoms with Crippen LogP contribution in [0.2, 0.25) is 0 Å². The molecule has 0 unspecified atom stereocenters. The SMILES string of the molecule is O=C(O)c1cc2ccc(CNc3ccc(C(=O)C(F)(F)F)cc3)cc2o1. The minimum absolute atomic E-state index is 0.157. The van der Waals surface area contributed by atoms with Crippen molar-refractivity contribution in [3.8, 4) is 0 Å². The van der Waals surface area contributed by atoms with Crippen LogP contribution < -0.4 is 5.32 Å². The summed E-state index contributed by atoms with van der Waals surface area (Å²) >= 11 is 0. The van der Waals surface area contributed by atoms with Crippen molar-refractivity contribution >= 4 is 28.4 Å². The molecule has 0 aliphatic heterocycles. The van der Waals surface area contributed by atoms with Crippen LogP contribution >= 0.6 is 0 Å². The van der Waals surface area contributed by atoms with Crippen molar-refractivity contribution in [1.29, 1.82) is 0 Å². The molecule has 2 aromatic carbocycles. The van der Waals surface area contributed by atoms with E-state index in [-0.39, 0.29) is 5.76 Å². The maximum atomic E-state index is 12.4. The number of alkyl halides is 3. The first-order chi connectivity index (χ1) is 12.2. The normalized spacial score (nSPS) is 11.5. The van der Waals surface area contributed by atoms with E-state index in [1.54, 1.807) is 18.2 Å². The summed E-state index contributed by atoms with van der Waals surface area (Å²) in [6, 6.07) is 11.6. The third-order valence-corrected chi connectivity index (χ3v) is 3.70. The standard InChI is InChI=1S/C18H12F3NO4/c19-18(20,21)16(23)11-3-5-13(6-4-11)22-9-10-1-2-12-8-15(17(24)25)26-14(12)7-10/h1-8,22H,9H2,(H,24,25). The number of halogens is 3. The molecule has 1 heterocycles. The summed E-state index contributed by atoms with van der Waals surface area (Å²) in [5.41, 5.74) is 1.32. The molecule has 5 nitrogen and oxygen atoms in total. The van der Waals surface area contributed by atoms with E-state index in [9.17, 15) is 22.8 Å². The fraction of sp³-hybridized carbons (Fsp3) is 0.111. The summed E-state index contributed by atoms with van der Waals surface area (Å²) in [5.74, 6) is -3.20. The van der Waals surface area contributed by atoms with E-state index >= 15 is 0 Å². The second kappa shape index (κ2) is 6.55. The Labute approximate surface area is 145 Å². The number of nitrogens with one attached hydrogen (secondary N) is 1. The smallest absolute Gasteiger partial charge is 0.454 e. The Hall–Kier alpha value is -3.29. The lowest BCUT2D eigenvalue weighted by molar-refractivity contribution is -0.0885. The number of hydrogen-bond acceptors (Lipinski definition) is 4. The molecule has 0 aliphatic carbocycles. The minimum Gasteiger partial charge on any atom is -0.475 e. The highest BCUT2D eigenvalue weighted by molar-refractivity contribution is 6.00. The quantitative estimate of drug-likeness (QED) is 0.653. The first-order valence-electron chi connectivity index (χ1n) is 7.45. The first-order valence-corrected chi connectivity index (χ1v) is 7.45. The maximum absolute atomic E-state index is 12.4. The van der Waals surface area contributed by atoms with Crippen molar-refractivity contribution in [3.63, 3.8) is 0 Å². The van der Waals surface area contributed by atoms with Gasteiger partial charge in [0.2, 0.25) is 5.76 Å². The molecule has 0 spiro atoms. The highest BCUT2D eigenvalue weighted by atomic mass is 19.4. The first kappa shape index (κ1) is 17.5. The van der Waals surface area contributed by atoms with Gasteiger partial charge in [0.15, 0.2) is 0 Å². The second-order valence-corrected chi connectivity index (χ2v) is 5.55. The van der Waals surface area contributed by atoms with Crippen molar-refractivity contribution in [3.05, 3.63) is 65.4 Å². The topological polar surface area (TPSA) is 79.5 Å². The fourth-order valence-electron chi connectivity index (χ4n) is 2.40. The molecular formula is C18H12F3NO4. The number of furan rings is 1. The lowest BCUT2D eigenvalue weighted by Crippen LogP contribution is -2.22. The minimum atomic E-state index is -4.90. The number of aromatic carboxylic acids is 1. The molecule has 3 rings (SSSR count). The van der Waals surface area contributed by atoms with Gasteiger partial charge < -0.3 is 14.8 Å². The molecule has 0 saturated carbocycles.